The van der Waals surface area contributed by atoms with E-state index < -0.39 is 50.7 Å². The smallest absolute Gasteiger partial charge is 0.366 e. The van der Waals surface area contributed by atoms with Gasteiger partial charge in [0.1, 0.15) is 18.3 Å². The Morgan fingerprint density at radius 1 is 1.35 bits per heavy atom. The van der Waals surface area contributed by atoms with Crippen molar-refractivity contribution in [2.75, 3.05) is 6.61 Å². The molecular formula is C15H23N2O8P. The van der Waals surface area contributed by atoms with Crippen molar-refractivity contribution in [3.8, 4) is 0 Å². The Hall–Kier alpha value is -1.39. The van der Waals surface area contributed by atoms with Gasteiger partial charge in [0.05, 0.1) is 12.2 Å². The maximum atomic E-state index is 11.4. The summed E-state index contributed by atoms with van der Waals surface area (Å²) < 4.78 is 32.6. The van der Waals surface area contributed by atoms with Crippen molar-refractivity contribution in [3.63, 3.8) is 0 Å². The highest BCUT2D eigenvalue weighted by molar-refractivity contribution is 7.46. The molecule has 2 heterocycles. The van der Waals surface area contributed by atoms with Crippen LogP contribution in [0.3, 0.4) is 0 Å². The molecule has 0 saturated carbocycles. The van der Waals surface area contributed by atoms with E-state index in [1.807, 2.05) is 0 Å². The van der Waals surface area contributed by atoms with Crippen LogP contribution in [0.2, 0.25) is 0 Å². The molecule has 2 saturated heterocycles. The molecule has 2 unspecified atom stereocenters. The van der Waals surface area contributed by atoms with Crippen LogP contribution in [-0.4, -0.2) is 58.8 Å². The first kappa shape index (κ1) is 20.9. The van der Waals surface area contributed by atoms with Crippen LogP contribution in [0.15, 0.2) is 28.8 Å². The number of carbonyl (C=O) groups excluding carboxylic acids is 1. The highest BCUT2D eigenvalue weighted by atomic mass is 31.2. The van der Waals surface area contributed by atoms with Gasteiger partial charge in [-0.15, -0.1) is 0 Å². The molecular weight excluding hydrogens is 367 g/mol. The molecule has 0 radical (unpaired) electrons. The van der Waals surface area contributed by atoms with Gasteiger partial charge in [0.2, 0.25) is 5.91 Å². The Balaban J connectivity index is 2.16. The number of phosphoric ester groups is 1. The van der Waals surface area contributed by atoms with Gasteiger partial charge in [-0.05, 0) is 26.8 Å². The zero-order chi connectivity index (χ0) is 19.5. The number of phosphoric acid groups is 1. The summed E-state index contributed by atoms with van der Waals surface area (Å²) in [5.41, 5.74) is 5.46. The van der Waals surface area contributed by atoms with Crippen molar-refractivity contribution in [3.05, 3.63) is 23.8 Å². The Morgan fingerprint density at radius 2 is 2.00 bits per heavy atom. The van der Waals surface area contributed by atoms with Gasteiger partial charge >= 0.3 is 7.82 Å². The number of hydrogen-bond donors (Lipinski definition) is 3. The molecule has 0 aromatic heterocycles. The van der Waals surface area contributed by atoms with E-state index in [0.717, 1.165) is 0 Å². The van der Waals surface area contributed by atoms with Crippen LogP contribution in [0.4, 0.5) is 0 Å². The van der Waals surface area contributed by atoms with Crippen LogP contribution in [0.25, 0.3) is 0 Å². The minimum absolute atomic E-state index is 0.163. The van der Waals surface area contributed by atoms with E-state index >= 15 is 0 Å². The third kappa shape index (κ3) is 5.55. The van der Waals surface area contributed by atoms with Crippen molar-refractivity contribution in [2.24, 2.45) is 10.7 Å². The molecule has 0 bridgehead atoms. The third-order valence-electron chi connectivity index (χ3n) is 3.65. The minimum atomic E-state index is -4.66. The van der Waals surface area contributed by atoms with Crippen molar-refractivity contribution >= 4 is 19.9 Å². The number of primary amides is 1. The highest BCUT2D eigenvalue weighted by Crippen LogP contribution is 2.42. The van der Waals surface area contributed by atoms with Crippen LogP contribution in [0.5, 0.6) is 0 Å². The molecule has 4 atom stereocenters. The first-order valence-corrected chi connectivity index (χ1v) is 9.42. The second kappa shape index (κ2) is 8.10. The van der Waals surface area contributed by atoms with E-state index in [9.17, 15) is 9.36 Å². The molecule has 4 N–H and O–H groups in total. The SMILES string of the molecule is C/C=C\C=C(/C=N[C@@H]1OC(COP(=O)(O)O)[C@H]2OC(C)(C)OC21)C(N)=O. The molecule has 2 fully saturated rings. The fraction of sp³-hybridized carbons (Fsp3) is 0.600. The van der Waals surface area contributed by atoms with Gasteiger partial charge in [-0.25, -0.2) is 4.57 Å². The van der Waals surface area contributed by atoms with E-state index in [-0.39, 0.29) is 5.57 Å². The van der Waals surface area contributed by atoms with E-state index in [0.29, 0.717) is 0 Å². The second-order valence-corrected chi connectivity index (χ2v) is 7.45. The fourth-order valence-electron chi connectivity index (χ4n) is 2.63. The van der Waals surface area contributed by atoms with Crippen molar-refractivity contribution < 1.29 is 37.9 Å². The molecule has 2 aliphatic rings. The lowest BCUT2D eigenvalue weighted by molar-refractivity contribution is -0.188. The Morgan fingerprint density at radius 3 is 2.58 bits per heavy atom. The molecule has 2 aliphatic heterocycles. The van der Waals surface area contributed by atoms with Crippen molar-refractivity contribution in [2.45, 2.75) is 51.1 Å². The Kier molecular flexibility index (Phi) is 6.51. The van der Waals surface area contributed by atoms with E-state index in [4.69, 9.17) is 29.7 Å². The summed E-state index contributed by atoms with van der Waals surface area (Å²) in [5.74, 6) is -1.58. The zero-order valence-corrected chi connectivity index (χ0v) is 15.5. The number of carbonyl (C=O) groups is 1. The maximum absolute atomic E-state index is 11.4. The average Bonchev–Trinajstić information content (AvgIpc) is 2.98. The summed E-state index contributed by atoms with van der Waals surface area (Å²) in [6.45, 7) is 4.80. The number of hydrogen-bond acceptors (Lipinski definition) is 7. The summed E-state index contributed by atoms with van der Waals surface area (Å²) in [7, 11) is -4.66. The van der Waals surface area contributed by atoms with Crippen molar-refractivity contribution in [1.29, 1.82) is 0 Å². The number of aliphatic imine (C=N–C) groups is 1. The highest BCUT2D eigenvalue weighted by Gasteiger charge is 2.55. The topological polar surface area (TPSA) is 150 Å². The molecule has 1 amide bonds. The van der Waals surface area contributed by atoms with Gasteiger partial charge in [0.15, 0.2) is 12.0 Å². The van der Waals surface area contributed by atoms with Crippen molar-refractivity contribution in [1.82, 2.24) is 0 Å². The van der Waals surface area contributed by atoms with Gasteiger partial charge in [0, 0.05) is 6.21 Å². The standard InChI is InChI=1S/C15H23N2O8P/c1-4-5-6-9(13(16)18)7-17-14-12-11(24-15(2,3)25-12)10(23-14)8-22-26(19,20)21/h4-7,10-12,14H,8H2,1-3H3,(H2,16,18)(H2,19,20,21)/b5-4-,9-6+,17-7?/t10?,11-,12?,14-/m1/s1. The van der Waals surface area contributed by atoms with E-state index in [1.165, 1.54) is 12.3 Å². The Labute approximate surface area is 150 Å². The fourth-order valence-corrected chi connectivity index (χ4v) is 2.97. The van der Waals surface area contributed by atoms with E-state index in [2.05, 4.69) is 9.52 Å². The normalized spacial score (nSPS) is 31.8. The number of rotatable bonds is 7. The van der Waals surface area contributed by atoms with Crippen LogP contribution >= 0.6 is 7.82 Å². The molecule has 2 rings (SSSR count). The number of nitrogens with two attached hydrogens (primary N) is 1. The quantitative estimate of drug-likeness (QED) is 0.245. The monoisotopic (exact) mass is 390 g/mol. The summed E-state index contributed by atoms with van der Waals surface area (Å²) in [5, 5.41) is 0. The molecule has 0 spiro atoms. The van der Waals surface area contributed by atoms with Gasteiger partial charge in [-0.1, -0.05) is 12.2 Å². The average molecular weight is 390 g/mol. The molecule has 26 heavy (non-hydrogen) atoms. The van der Waals surface area contributed by atoms with Gasteiger partial charge < -0.3 is 29.7 Å². The molecule has 10 nitrogen and oxygen atoms in total. The molecule has 0 aromatic rings. The number of nitrogens with zero attached hydrogens (tertiary/aromatic N) is 1. The third-order valence-corrected chi connectivity index (χ3v) is 4.13. The summed E-state index contributed by atoms with van der Waals surface area (Å²) in [6, 6.07) is 0. The predicted molar refractivity (Wildman–Crippen MR) is 91.1 cm³/mol. The largest absolute Gasteiger partial charge is 0.469 e. The Bertz CT molecular complexity index is 669. The molecule has 0 aromatic carbocycles. The van der Waals surface area contributed by atoms with Crippen LogP contribution < -0.4 is 5.73 Å². The van der Waals surface area contributed by atoms with Gasteiger partial charge in [-0.2, -0.15) is 0 Å². The number of fused-ring (bicyclic) bond motifs is 1. The van der Waals surface area contributed by atoms with Crippen LogP contribution in [-0.2, 0) is 28.1 Å². The zero-order valence-electron chi connectivity index (χ0n) is 14.6. The van der Waals surface area contributed by atoms with Gasteiger partial charge in [0.25, 0.3) is 0 Å². The first-order chi connectivity index (χ1) is 12.0. The number of amides is 1. The minimum Gasteiger partial charge on any atom is -0.366 e. The summed E-state index contributed by atoms with van der Waals surface area (Å²) in [6.07, 6.45) is 3.24. The molecule has 0 aliphatic carbocycles. The molecule has 11 heteroatoms. The lowest BCUT2D eigenvalue weighted by Crippen LogP contribution is -2.32. The summed E-state index contributed by atoms with van der Waals surface area (Å²) >= 11 is 0. The lowest BCUT2D eigenvalue weighted by atomic mass is 10.1. The predicted octanol–water partition coefficient (Wildman–Crippen LogP) is 0.399. The number of ether oxygens (including phenoxy) is 3. The van der Waals surface area contributed by atoms with E-state index in [1.54, 1.807) is 32.9 Å². The van der Waals surface area contributed by atoms with Crippen LogP contribution in [0.1, 0.15) is 20.8 Å². The lowest BCUT2D eigenvalue weighted by Gasteiger charge is -2.23. The second-order valence-electron chi connectivity index (χ2n) is 6.21. The molecule has 146 valence electrons. The first-order valence-electron chi connectivity index (χ1n) is 7.89. The number of allylic oxidation sites excluding steroid dienone is 3. The summed E-state index contributed by atoms with van der Waals surface area (Å²) in [4.78, 5) is 33.4. The van der Waals surface area contributed by atoms with Crippen LogP contribution in [0, 0.1) is 0 Å². The van der Waals surface area contributed by atoms with Gasteiger partial charge in [-0.3, -0.25) is 14.3 Å². The maximum Gasteiger partial charge on any atom is 0.469 e.